The van der Waals surface area contributed by atoms with E-state index in [0.717, 1.165) is 27.7 Å². The van der Waals surface area contributed by atoms with Gasteiger partial charge in [0, 0.05) is 20.8 Å². The normalized spacial score (nSPS) is 39.3. The lowest BCUT2D eigenvalue weighted by Crippen LogP contribution is -2.72. The molecule has 24 heteroatoms. The van der Waals surface area contributed by atoms with Crippen molar-refractivity contribution in [2.45, 2.75) is 151 Å². The lowest BCUT2D eigenvalue weighted by atomic mass is 9.93. The van der Waals surface area contributed by atoms with Gasteiger partial charge in [-0.2, -0.15) is 0 Å². The zero-order valence-corrected chi connectivity index (χ0v) is 30.0. The number of carbonyl (C=O) groups is 5. The van der Waals surface area contributed by atoms with Gasteiger partial charge in [0.15, 0.2) is 31.1 Å². The summed E-state index contributed by atoms with van der Waals surface area (Å²) in [5.41, 5.74) is 17.0. The van der Waals surface area contributed by atoms with E-state index in [-0.39, 0.29) is 0 Å². The molecule has 3 aliphatic rings. The number of amides is 5. The molecule has 24 nitrogen and oxygen atoms in total. The fraction of sp³-hybridized carbons (Fsp3) is 0.833. The van der Waals surface area contributed by atoms with Crippen LogP contribution in [0.5, 0.6) is 0 Å². The van der Waals surface area contributed by atoms with Gasteiger partial charge in [-0.05, 0) is 13.8 Å². The lowest BCUT2D eigenvalue weighted by molar-refractivity contribution is -0.347. The smallest absolute Gasteiger partial charge is 0.249 e. The highest BCUT2D eigenvalue weighted by molar-refractivity contribution is 5.81. The first-order valence-corrected chi connectivity index (χ1v) is 16.9. The third-order valence-electron chi connectivity index (χ3n) is 9.05. The summed E-state index contributed by atoms with van der Waals surface area (Å²) >= 11 is 0. The Hall–Kier alpha value is -3.21. The van der Waals surface area contributed by atoms with Crippen molar-refractivity contribution in [1.82, 2.24) is 16.0 Å². The van der Waals surface area contributed by atoms with Crippen molar-refractivity contribution in [3.05, 3.63) is 0 Å². The Morgan fingerprint density at radius 1 is 0.722 bits per heavy atom. The maximum absolute atomic E-state index is 12.8. The second kappa shape index (κ2) is 19.1. The maximum Gasteiger partial charge on any atom is 0.249 e. The van der Waals surface area contributed by atoms with Crippen LogP contribution in [0.25, 0.3) is 0 Å². The van der Waals surface area contributed by atoms with Gasteiger partial charge in [-0.3, -0.25) is 24.0 Å². The summed E-state index contributed by atoms with van der Waals surface area (Å²) in [7, 11) is 0. The van der Waals surface area contributed by atoms with Gasteiger partial charge in [-0.1, -0.05) is 0 Å². The number of rotatable bonds is 15. The summed E-state index contributed by atoms with van der Waals surface area (Å²) in [6.07, 6.45) is -26.8. The minimum atomic E-state index is -2.07. The molecule has 0 radical (unpaired) electrons. The zero-order chi connectivity index (χ0) is 40.9. The van der Waals surface area contributed by atoms with E-state index in [1.807, 2.05) is 0 Å². The van der Waals surface area contributed by atoms with Crippen molar-refractivity contribution in [1.29, 1.82) is 0 Å². The molecule has 0 aromatic carbocycles. The zero-order valence-electron chi connectivity index (χ0n) is 30.0. The third-order valence-corrected chi connectivity index (χ3v) is 9.05. The molecular weight excluding hydrogens is 732 g/mol. The van der Waals surface area contributed by atoms with Crippen LogP contribution < -0.4 is 33.2 Å². The summed E-state index contributed by atoms with van der Waals surface area (Å²) in [6, 6.07) is -5.88. The van der Waals surface area contributed by atoms with Crippen molar-refractivity contribution in [2.75, 3.05) is 6.61 Å². The van der Waals surface area contributed by atoms with Gasteiger partial charge in [0.05, 0.1) is 30.9 Å². The van der Waals surface area contributed by atoms with Gasteiger partial charge in [0.2, 0.25) is 29.5 Å². The van der Waals surface area contributed by atoms with E-state index >= 15 is 0 Å². The first-order valence-electron chi connectivity index (χ1n) is 16.9. The molecule has 54 heavy (non-hydrogen) atoms. The van der Waals surface area contributed by atoms with E-state index < -0.39 is 152 Å². The SMILES string of the molecule is CC(=O)N[C@H]1[C@@H](O[C@@H]2[C@H](O)[C@@H](NC(C)=O)[C@@H](O[C@@H]([C@H](O)[C@@H](C)O)[C@H](CO)NC(C)=O)O[C@@H]2C(N)=O)O[C@H](C(N)=O)[C@H](O[C@@H]2O[C@H](C)[C@@H](N)[C@H](O)[C@H]2O)[C@@H]1O. The Morgan fingerprint density at radius 3 is 1.61 bits per heavy atom. The minimum Gasteiger partial charge on any atom is -0.394 e. The fourth-order valence-electron chi connectivity index (χ4n) is 6.28. The predicted octanol–water partition coefficient (Wildman–Crippen LogP) is -8.67. The third kappa shape index (κ3) is 10.5. The van der Waals surface area contributed by atoms with E-state index in [1.54, 1.807) is 0 Å². The second-order valence-corrected chi connectivity index (χ2v) is 13.4. The molecule has 3 heterocycles. The molecule has 0 saturated carbocycles. The summed E-state index contributed by atoms with van der Waals surface area (Å²) < 4.78 is 34.4. The molecule has 0 unspecified atom stereocenters. The van der Waals surface area contributed by atoms with Crippen LogP contribution in [0.1, 0.15) is 34.6 Å². The van der Waals surface area contributed by atoms with Gasteiger partial charge in [-0.25, -0.2) is 0 Å². The van der Waals surface area contributed by atoms with Crippen LogP contribution in [0.2, 0.25) is 0 Å². The number of nitrogens with two attached hydrogens (primary N) is 3. The lowest BCUT2D eigenvalue weighted by Gasteiger charge is -2.49. The molecule has 19 atom stereocenters. The highest BCUT2D eigenvalue weighted by Gasteiger charge is 2.56. The number of aliphatic hydroxyl groups is 7. The number of aliphatic hydroxyl groups excluding tert-OH is 7. The molecular formula is C30H52N6O18. The second-order valence-electron chi connectivity index (χ2n) is 13.4. The van der Waals surface area contributed by atoms with Crippen LogP contribution in [-0.4, -0.2) is 188 Å². The summed E-state index contributed by atoms with van der Waals surface area (Å²) in [5.74, 6) is -4.88. The van der Waals surface area contributed by atoms with Gasteiger partial charge < -0.3 is 97.3 Å². The molecule has 0 aromatic rings. The number of primary amides is 2. The average Bonchev–Trinajstić information content (AvgIpc) is 3.07. The Labute approximate surface area is 308 Å². The van der Waals surface area contributed by atoms with Crippen LogP contribution in [0.15, 0.2) is 0 Å². The van der Waals surface area contributed by atoms with E-state index in [4.69, 9.17) is 45.6 Å². The fourth-order valence-corrected chi connectivity index (χ4v) is 6.28. The molecule has 0 aliphatic carbocycles. The van der Waals surface area contributed by atoms with E-state index in [2.05, 4.69) is 16.0 Å². The average molecular weight is 785 g/mol. The number of carbonyl (C=O) groups excluding carboxylic acids is 5. The van der Waals surface area contributed by atoms with E-state index in [9.17, 15) is 59.7 Å². The van der Waals surface area contributed by atoms with Crippen molar-refractivity contribution >= 4 is 29.5 Å². The quantitative estimate of drug-likeness (QED) is 0.0733. The molecule has 0 bridgehead atoms. The van der Waals surface area contributed by atoms with Crippen LogP contribution >= 0.6 is 0 Å². The van der Waals surface area contributed by atoms with E-state index in [1.165, 1.54) is 6.92 Å². The number of ether oxygens (including phenoxy) is 6. The largest absolute Gasteiger partial charge is 0.394 e. The van der Waals surface area contributed by atoms with Gasteiger partial charge in [-0.15, -0.1) is 0 Å². The van der Waals surface area contributed by atoms with Crippen molar-refractivity contribution in [3.63, 3.8) is 0 Å². The van der Waals surface area contributed by atoms with Crippen LogP contribution in [0.4, 0.5) is 0 Å². The number of hydrogen-bond acceptors (Lipinski definition) is 19. The van der Waals surface area contributed by atoms with Crippen molar-refractivity contribution < 1.29 is 88.1 Å². The molecule has 0 spiro atoms. The van der Waals surface area contributed by atoms with Crippen molar-refractivity contribution in [2.24, 2.45) is 17.2 Å². The van der Waals surface area contributed by atoms with Crippen LogP contribution in [0, 0.1) is 0 Å². The summed E-state index contributed by atoms with van der Waals surface area (Å²) in [4.78, 5) is 62.0. The monoisotopic (exact) mass is 784 g/mol. The molecule has 3 aliphatic heterocycles. The highest BCUT2D eigenvalue weighted by atomic mass is 16.7. The Bertz CT molecular complexity index is 1330. The molecule has 16 N–H and O–H groups in total. The molecule has 3 saturated heterocycles. The molecule has 0 aromatic heterocycles. The molecule has 310 valence electrons. The van der Waals surface area contributed by atoms with E-state index in [0.29, 0.717) is 0 Å². The Morgan fingerprint density at radius 2 is 1.19 bits per heavy atom. The maximum atomic E-state index is 12.8. The van der Waals surface area contributed by atoms with Gasteiger partial charge >= 0.3 is 0 Å². The Balaban J connectivity index is 2.00. The minimum absolute atomic E-state index is 0.684. The van der Waals surface area contributed by atoms with Crippen molar-refractivity contribution in [3.8, 4) is 0 Å². The predicted molar refractivity (Wildman–Crippen MR) is 174 cm³/mol. The van der Waals surface area contributed by atoms with Gasteiger partial charge in [0.1, 0.15) is 60.9 Å². The first-order chi connectivity index (χ1) is 25.1. The van der Waals surface area contributed by atoms with Crippen LogP contribution in [0.3, 0.4) is 0 Å². The van der Waals surface area contributed by atoms with Crippen LogP contribution in [-0.2, 0) is 52.4 Å². The number of nitrogens with one attached hydrogen (secondary N) is 3. The highest BCUT2D eigenvalue weighted by Crippen LogP contribution is 2.33. The number of hydrogen-bond donors (Lipinski definition) is 13. The summed E-state index contributed by atoms with van der Waals surface area (Å²) in [5, 5.41) is 81.9. The summed E-state index contributed by atoms with van der Waals surface area (Å²) in [6.45, 7) is 4.91. The topological polar surface area (TPSA) is 396 Å². The van der Waals surface area contributed by atoms with Gasteiger partial charge in [0.25, 0.3) is 0 Å². The molecule has 5 amide bonds. The Kier molecular flexibility index (Phi) is 16.0. The molecule has 3 fully saturated rings. The first kappa shape index (κ1) is 45.2. The standard InChI is InChI=1S/C30H52N6O18/c1-7(38)16(42)21(12(6-37)34-9(3)39)50-28-14(35-10(4)40)18(44)22(24(53-28)26(32)47)51-29-15(36-11(5)41)19(45)23(25(54-29)27(33)48)52-30-20(46)17(43)13(31)8(2)49-30/h7-8,12-25,28-30,37-38,42-46H,6,31H2,1-5H3,(H2,32,47)(H2,33,48)(H,34,39)(H,35,40)(H,36,41)/t7-,8-,12+,13-,14-,15-,16-,17+,18-,19-,20-,21-,22-,23-,24+,25+,28+,29+,30+/m1/s1. The molecule has 3 rings (SSSR count).